The van der Waals surface area contributed by atoms with Crippen molar-refractivity contribution >= 4 is 11.8 Å². The second-order valence-corrected chi connectivity index (χ2v) is 5.85. The molecule has 0 aliphatic carbocycles. The molecule has 0 N–H and O–H groups in total. The monoisotopic (exact) mass is 296 g/mol. The molecule has 0 amide bonds. The van der Waals surface area contributed by atoms with Gasteiger partial charge in [0.15, 0.2) is 5.78 Å². The fourth-order valence-electron chi connectivity index (χ4n) is 1.85. The van der Waals surface area contributed by atoms with Crippen LogP contribution in [-0.4, -0.2) is 11.8 Å². The summed E-state index contributed by atoms with van der Waals surface area (Å²) in [5.74, 6) is 0.0147. The van der Waals surface area contributed by atoms with Gasteiger partial charge in [0.25, 0.3) is 0 Å². The molecule has 0 saturated carbocycles. The molecule has 0 fully saturated rings. The van der Waals surface area contributed by atoms with Crippen LogP contribution in [0.3, 0.4) is 0 Å². The van der Waals surface area contributed by atoms with E-state index in [9.17, 15) is 9.59 Å². The van der Waals surface area contributed by atoms with Crippen LogP contribution < -0.4 is 4.74 Å². The van der Waals surface area contributed by atoms with Crippen LogP contribution in [0, 0.1) is 5.41 Å². The van der Waals surface area contributed by atoms with Gasteiger partial charge in [-0.25, -0.2) is 0 Å². The molecule has 0 spiro atoms. The van der Waals surface area contributed by atoms with Crippen molar-refractivity contribution in [3.8, 4) is 5.75 Å². The Hall–Kier alpha value is -2.42. The summed E-state index contributed by atoms with van der Waals surface area (Å²) in [5.41, 5.74) is 0.574. The van der Waals surface area contributed by atoms with E-state index in [4.69, 9.17) is 4.74 Å². The lowest BCUT2D eigenvalue weighted by Crippen LogP contribution is -2.28. The number of hydrogen-bond acceptors (Lipinski definition) is 3. The van der Waals surface area contributed by atoms with Crippen molar-refractivity contribution in [1.82, 2.24) is 0 Å². The fourth-order valence-corrected chi connectivity index (χ4v) is 1.85. The molecule has 0 aromatic heterocycles. The first kappa shape index (κ1) is 16.0. The molecule has 0 unspecified atom stereocenters. The van der Waals surface area contributed by atoms with Crippen molar-refractivity contribution in [1.29, 1.82) is 0 Å². The lowest BCUT2D eigenvalue weighted by Gasteiger charge is -2.20. The molecule has 3 heteroatoms. The number of hydrogen-bond donors (Lipinski definition) is 0. The molecule has 0 atom stereocenters. The molecule has 2 aromatic rings. The number of benzene rings is 2. The first-order valence-electron chi connectivity index (χ1n) is 7.36. The zero-order valence-electron chi connectivity index (χ0n) is 13.1. The summed E-state index contributed by atoms with van der Waals surface area (Å²) < 4.78 is 5.41. The Morgan fingerprint density at radius 3 is 2.23 bits per heavy atom. The Balaban J connectivity index is 2.21. The maximum Gasteiger partial charge on any atom is 0.316 e. The summed E-state index contributed by atoms with van der Waals surface area (Å²) in [5, 5.41) is 0. The maximum atomic E-state index is 12.4. The van der Waals surface area contributed by atoms with E-state index < -0.39 is 5.41 Å². The van der Waals surface area contributed by atoms with Crippen molar-refractivity contribution in [3.05, 3.63) is 65.7 Å². The van der Waals surface area contributed by atoms with Gasteiger partial charge in [-0.3, -0.25) is 9.59 Å². The van der Waals surface area contributed by atoms with Gasteiger partial charge in [0.1, 0.15) is 5.75 Å². The molecule has 0 aliphatic rings. The molecule has 2 rings (SSSR count). The van der Waals surface area contributed by atoms with E-state index in [0.717, 1.165) is 0 Å². The summed E-state index contributed by atoms with van der Waals surface area (Å²) in [7, 11) is 0. The highest BCUT2D eigenvalue weighted by Crippen LogP contribution is 2.24. The normalized spacial score (nSPS) is 11.0. The lowest BCUT2D eigenvalue weighted by atomic mass is 9.91. The van der Waals surface area contributed by atoms with E-state index >= 15 is 0 Å². The zero-order valence-corrected chi connectivity index (χ0v) is 13.1. The van der Waals surface area contributed by atoms with Crippen LogP contribution in [0.5, 0.6) is 5.75 Å². The number of ketones is 1. The summed E-state index contributed by atoms with van der Waals surface area (Å²) in [6.45, 7) is 5.62. The average Bonchev–Trinajstić information content (AvgIpc) is 2.55. The number of esters is 1. The molecular formula is C19H20O3. The Morgan fingerprint density at radius 2 is 1.59 bits per heavy atom. The van der Waals surface area contributed by atoms with Crippen LogP contribution in [0.15, 0.2) is 54.6 Å². The van der Waals surface area contributed by atoms with E-state index in [1.165, 1.54) is 0 Å². The van der Waals surface area contributed by atoms with Crippen molar-refractivity contribution < 1.29 is 14.3 Å². The molecule has 0 bridgehead atoms. The predicted octanol–water partition coefficient (Wildman–Crippen LogP) is 4.26. The molecule has 2 aromatic carbocycles. The van der Waals surface area contributed by atoms with Crippen LogP contribution in [0.1, 0.15) is 43.1 Å². The minimum Gasteiger partial charge on any atom is -0.426 e. The molecule has 114 valence electrons. The Morgan fingerprint density at radius 1 is 0.955 bits per heavy atom. The average molecular weight is 296 g/mol. The van der Waals surface area contributed by atoms with Gasteiger partial charge in [0, 0.05) is 11.1 Å². The Kier molecular flexibility index (Phi) is 4.76. The molecule has 0 heterocycles. The second-order valence-electron chi connectivity index (χ2n) is 5.85. The van der Waals surface area contributed by atoms with Gasteiger partial charge < -0.3 is 4.74 Å². The van der Waals surface area contributed by atoms with Crippen LogP contribution in [-0.2, 0) is 4.79 Å². The van der Waals surface area contributed by atoms with Gasteiger partial charge in [-0.05, 0) is 32.4 Å². The minimum absolute atomic E-state index is 0.0896. The third-order valence-corrected chi connectivity index (χ3v) is 3.78. The number of ether oxygens (including phenoxy) is 1. The van der Waals surface area contributed by atoms with Crippen LogP contribution in [0.2, 0.25) is 0 Å². The zero-order chi connectivity index (χ0) is 16.2. The van der Waals surface area contributed by atoms with Gasteiger partial charge >= 0.3 is 5.97 Å². The quantitative estimate of drug-likeness (QED) is 0.470. The van der Waals surface area contributed by atoms with Crippen molar-refractivity contribution in [2.45, 2.75) is 27.2 Å². The van der Waals surface area contributed by atoms with E-state index in [1.807, 2.05) is 39.0 Å². The number of rotatable bonds is 5. The van der Waals surface area contributed by atoms with Crippen LogP contribution >= 0.6 is 0 Å². The van der Waals surface area contributed by atoms with Gasteiger partial charge in [0.2, 0.25) is 0 Å². The van der Waals surface area contributed by atoms with Gasteiger partial charge in [-0.2, -0.15) is 0 Å². The highest BCUT2D eigenvalue weighted by Gasteiger charge is 2.27. The highest BCUT2D eigenvalue weighted by atomic mass is 16.5. The summed E-state index contributed by atoms with van der Waals surface area (Å²) >= 11 is 0. The van der Waals surface area contributed by atoms with Crippen molar-refractivity contribution in [3.63, 3.8) is 0 Å². The van der Waals surface area contributed by atoms with Crippen molar-refractivity contribution in [2.75, 3.05) is 0 Å². The third-order valence-electron chi connectivity index (χ3n) is 3.78. The molecule has 0 aliphatic heterocycles. The molecule has 22 heavy (non-hydrogen) atoms. The smallest absolute Gasteiger partial charge is 0.316 e. The van der Waals surface area contributed by atoms with E-state index in [2.05, 4.69) is 0 Å². The summed E-state index contributed by atoms with van der Waals surface area (Å²) in [6, 6.07) is 15.8. The van der Waals surface area contributed by atoms with E-state index in [0.29, 0.717) is 23.3 Å². The second kappa shape index (κ2) is 6.56. The molecular weight excluding hydrogens is 276 g/mol. The summed E-state index contributed by atoms with van der Waals surface area (Å²) in [6.07, 6.45) is 0.689. The van der Waals surface area contributed by atoms with E-state index in [-0.39, 0.29) is 11.8 Å². The SMILES string of the molecule is CCC(C)(C)C(=O)Oc1cccc(C(=O)c2ccccc2)c1. The third kappa shape index (κ3) is 3.61. The highest BCUT2D eigenvalue weighted by molar-refractivity contribution is 6.09. The standard InChI is InChI=1S/C19H20O3/c1-4-19(2,3)18(21)22-16-12-8-11-15(13-16)17(20)14-9-6-5-7-10-14/h5-13H,4H2,1-3H3. The first-order valence-corrected chi connectivity index (χ1v) is 7.36. The largest absolute Gasteiger partial charge is 0.426 e. The maximum absolute atomic E-state index is 12.4. The predicted molar refractivity (Wildman–Crippen MR) is 86.0 cm³/mol. The van der Waals surface area contributed by atoms with Crippen LogP contribution in [0.25, 0.3) is 0 Å². The van der Waals surface area contributed by atoms with Gasteiger partial charge in [0.05, 0.1) is 5.41 Å². The lowest BCUT2D eigenvalue weighted by molar-refractivity contribution is -0.144. The van der Waals surface area contributed by atoms with Crippen molar-refractivity contribution in [2.24, 2.45) is 5.41 Å². The molecule has 0 saturated heterocycles. The topological polar surface area (TPSA) is 43.4 Å². The number of carbonyl (C=O) groups is 2. The van der Waals surface area contributed by atoms with Crippen LogP contribution in [0.4, 0.5) is 0 Å². The molecule has 3 nitrogen and oxygen atoms in total. The summed E-state index contributed by atoms with van der Waals surface area (Å²) in [4.78, 5) is 24.5. The van der Waals surface area contributed by atoms with E-state index in [1.54, 1.807) is 36.4 Å². The fraction of sp³-hybridized carbons (Fsp3) is 0.263. The van der Waals surface area contributed by atoms with Gasteiger partial charge in [-0.1, -0.05) is 49.4 Å². The first-order chi connectivity index (χ1) is 10.4. The Bertz CT molecular complexity index is 672. The molecule has 0 radical (unpaired) electrons. The minimum atomic E-state index is -0.542. The van der Waals surface area contributed by atoms with Gasteiger partial charge in [-0.15, -0.1) is 0 Å². The Labute approximate surface area is 130 Å². The number of carbonyl (C=O) groups excluding carboxylic acids is 2.